The van der Waals surface area contributed by atoms with Gasteiger partial charge in [-0.05, 0) is 29.8 Å². The molecule has 0 bridgehead atoms. The van der Waals surface area contributed by atoms with Gasteiger partial charge in [-0.1, -0.05) is 0 Å². The van der Waals surface area contributed by atoms with Crippen LogP contribution in [0.25, 0.3) is 6.08 Å². The molecule has 6 heteroatoms. The summed E-state index contributed by atoms with van der Waals surface area (Å²) in [4.78, 5) is 30.5. The first kappa shape index (κ1) is 14.4. The summed E-state index contributed by atoms with van der Waals surface area (Å²) in [7, 11) is 0. The van der Waals surface area contributed by atoms with Gasteiger partial charge in [0.25, 0.3) is 5.91 Å². The first-order valence-electron chi connectivity index (χ1n) is 6.19. The zero-order chi connectivity index (χ0) is 15.1. The van der Waals surface area contributed by atoms with E-state index in [4.69, 9.17) is 5.11 Å². The van der Waals surface area contributed by atoms with Crippen LogP contribution in [0.4, 0.5) is 0 Å². The molecule has 2 aromatic heterocycles. The molecule has 2 rings (SSSR count). The number of pyridine rings is 2. The third-order valence-electron chi connectivity index (χ3n) is 2.70. The molecule has 0 unspecified atom stereocenters. The van der Waals surface area contributed by atoms with Crippen molar-refractivity contribution in [1.29, 1.82) is 0 Å². The molecule has 1 amide bonds. The standard InChI is InChI=1S/C15H13N3O3/c19-14(20)2-1-12-10-17-8-5-13(12)15(21)18-9-11-3-6-16-7-4-11/h1-8,10H,9H2,(H,18,21)(H,19,20). The van der Waals surface area contributed by atoms with Crippen LogP contribution in [0, 0.1) is 0 Å². The lowest BCUT2D eigenvalue weighted by Gasteiger charge is -2.07. The Morgan fingerprint density at radius 1 is 1.14 bits per heavy atom. The summed E-state index contributed by atoms with van der Waals surface area (Å²) in [6.07, 6.45) is 8.54. The van der Waals surface area contributed by atoms with Gasteiger partial charge in [-0.25, -0.2) is 4.79 Å². The highest BCUT2D eigenvalue weighted by Crippen LogP contribution is 2.09. The maximum Gasteiger partial charge on any atom is 0.328 e. The van der Waals surface area contributed by atoms with Gasteiger partial charge in [0.15, 0.2) is 0 Å². The Morgan fingerprint density at radius 3 is 2.57 bits per heavy atom. The Balaban J connectivity index is 2.10. The van der Waals surface area contributed by atoms with E-state index in [-0.39, 0.29) is 5.91 Å². The van der Waals surface area contributed by atoms with Crippen molar-refractivity contribution in [2.24, 2.45) is 0 Å². The molecule has 0 spiro atoms. The predicted molar refractivity (Wildman–Crippen MR) is 76.3 cm³/mol. The number of carbonyl (C=O) groups is 2. The van der Waals surface area contributed by atoms with Crippen LogP contribution in [0.5, 0.6) is 0 Å². The molecule has 21 heavy (non-hydrogen) atoms. The maximum absolute atomic E-state index is 12.1. The molecule has 0 atom stereocenters. The molecule has 0 aliphatic rings. The number of nitrogens with zero attached hydrogens (tertiary/aromatic N) is 2. The molecular formula is C15H13N3O3. The minimum absolute atomic E-state index is 0.292. The molecule has 0 aliphatic heterocycles. The van der Waals surface area contributed by atoms with Crippen LogP contribution in [0.15, 0.2) is 49.1 Å². The van der Waals surface area contributed by atoms with E-state index in [1.165, 1.54) is 18.5 Å². The van der Waals surface area contributed by atoms with Crippen LogP contribution in [-0.2, 0) is 11.3 Å². The van der Waals surface area contributed by atoms with Crippen molar-refractivity contribution < 1.29 is 14.7 Å². The Kier molecular flexibility index (Phi) is 4.76. The number of aliphatic carboxylic acids is 1. The molecule has 0 radical (unpaired) electrons. The van der Waals surface area contributed by atoms with Gasteiger partial charge in [-0.3, -0.25) is 14.8 Å². The second kappa shape index (κ2) is 6.95. The molecule has 0 aliphatic carbocycles. The van der Waals surface area contributed by atoms with Crippen molar-refractivity contribution in [2.75, 3.05) is 0 Å². The van der Waals surface area contributed by atoms with Crippen LogP contribution in [-0.4, -0.2) is 27.0 Å². The van der Waals surface area contributed by atoms with Gasteiger partial charge >= 0.3 is 5.97 Å². The minimum Gasteiger partial charge on any atom is -0.478 e. The quantitative estimate of drug-likeness (QED) is 0.811. The average Bonchev–Trinajstić information content (AvgIpc) is 2.52. The highest BCUT2D eigenvalue weighted by atomic mass is 16.4. The zero-order valence-electron chi connectivity index (χ0n) is 11.1. The Hall–Kier alpha value is -3.02. The number of nitrogens with one attached hydrogen (secondary N) is 1. The van der Waals surface area contributed by atoms with Gasteiger partial charge in [0.2, 0.25) is 0 Å². The molecule has 2 heterocycles. The van der Waals surface area contributed by atoms with E-state index in [9.17, 15) is 9.59 Å². The number of carboxylic acid groups (broad SMARTS) is 1. The normalized spacial score (nSPS) is 10.5. The first-order chi connectivity index (χ1) is 10.2. The van der Waals surface area contributed by atoms with Crippen LogP contribution < -0.4 is 5.32 Å². The average molecular weight is 283 g/mol. The van der Waals surface area contributed by atoms with Gasteiger partial charge in [0.05, 0.1) is 0 Å². The summed E-state index contributed by atoms with van der Waals surface area (Å²) in [5, 5.41) is 11.4. The number of carbonyl (C=O) groups excluding carboxylic acids is 1. The summed E-state index contributed by atoms with van der Waals surface area (Å²) < 4.78 is 0. The zero-order valence-corrected chi connectivity index (χ0v) is 11.1. The van der Waals surface area contributed by atoms with Gasteiger partial charge in [-0.15, -0.1) is 0 Å². The summed E-state index contributed by atoms with van der Waals surface area (Å²) in [5.74, 6) is -1.37. The Labute approximate surface area is 121 Å². The maximum atomic E-state index is 12.1. The monoisotopic (exact) mass is 283 g/mol. The second-order valence-corrected chi connectivity index (χ2v) is 4.17. The van der Waals surface area contributed by atoms with E-state index in [1.54, 1.807) is 30.6 Å². The molecule has 0 saturated carbocycles. The van der Waals surface area contributed by atoms with E-state index in [1.807, 2.05) is 0 Å². The number of hydrogen-bond acceptors (Lipinski definition) is 4. The van der Waals surface area contributed by atoms with Crippen molar-refractivity contribution in [3.8, 4) is 0 Å². The number of carboxylic acids is 1. The first-order valence-corrected chi connectivity index (χ1v) is 6.19. The smallest absolute Gasteiger partial charge is 0.328 e. The second-order valence-electron chi connectivity index (χ2n) is 4.17. The molecular weight excluding hydrogens is 270 g/mol. The van der Waals surface area contributed by atoms with Gasteiger partial charge in [0.1, 0.15) is 0 Å². The van der Waals surface area contributed by atoms with Gasteiger partial charge in [-0.2, -0.15) is 0 Å². The summed E-state index contributed by atoms with van der Waals surface area (Å²) >= 11 is 0. The van der Waals surface area contributed by atoms with E-state index in [0.29, 0.717) is 17.7 Å². The van der Waals surface area contributed by atoms with Gasteiger partial charge in [0, 0.05) is 48.5 Å². The topological polar surface area (TPSA) is 92.2 Å². The number of rotatable bonds is 5. The predicted octanol–water partition coefficient (Wildman–Crippen LogP) is 1.50. The fraction of sp³-hybridized carbons (Fsp3) is 0.0667. The summed E-state index contributed by atoms with van der Waals surface area (Å²) in [6.45, 7) is 0.367. The third kappa shape index (κ3) is 4.24. The molecule has 0 aromatic carbocycles. The van der Waals surface area contributed by atoms with E-state index in [0.717, 1.165) is 11.6 Å². The van der Waals surface area contributed by atoms with Crippen molar-refractivity contribution >= 4 is 18.0 Å². The third-order valence-corrected chi connectivity index (χ3v) is 2.70. The fourth-order valence-corrected chi connectivity index (χ4v) is 1.69. The lowest BCUT2D eigenvalue weighted by atomic mass is 10.1. The Morgan fingerprint density at radius 2 is 1.86 bits per heavy atom. The summed E-state index contributed by atoms with van der Waals surface area (Å²) in [6, 6.07) is 5.15. The number of aromatic nitrogens is 2. The lowest BCUT2D eigenvalue weighted by Crippen LogP contribution is -2.23. The minimum atomic E-state index is -1.08. The molecule has 6 nitrogen and oxygen atoms in total. The highest BCUT2D eigenvalue weighted by molar-refractivity contribution is 5.98. The molecule has 0 fully saturated rings. The van der Waals surface area contributed by atoms with E-state index < -0.39 is 5.97 Å². The summed E-state index contributed by atoms with van der Waals surface area (Å²) in [5.41, 5.74) is 1.75. The molecule has 106 valence electrons. The van der Waals surface area contributed by atoms with Gasteiger partial charge < -0.3 is 10.4 Å². The van der Waals surface area contributed by atoms with Crippen molar-refractivity contribution in [3.63, 3.8) is 0 Å². The number of hydrogen-bond donors (Lipinski definition) is 2. The van der Waals surface area contributed by atoms with Crippen LogP contribution in [0.2, 0.25) is 0 Å². The van der Waals surface area contributed by atoms with Crippen LogP contribution in [0.1, 0.15) is 21.5 Å². The molecule has 2 N–H and O–H groups in total. The van der Waals surface area contributed by atoms with E-state index in [2.05, 4.69) is 15.3 Å². The number of amides is 1. The SMILES string of the molecule is O=C(O)C=Cc1cnccc1C(=O)NCc1ccncc1. The van der Waals surface area contributed by atoms with Crippen molar-refractivity contribution in [1.82, 2.24) is 15.3 Å². The van der Waals surface area contributed by atoms with Crippen molar-refractivity contribution in [2.45, 2.75) is 6.54 Å². The molecule has 0 saturated heterocycles. The lowest BCUT2D eigenvalue weighted by molar-refractivity contribution is -0.131. The fourth-order valence-electron chi connectivity index (χ4n) is 1.69. The molecule has 2 aromatic rings. The van der Waals surface area contributed by atoms with E-state index >= 15 is 0 Å². The Bertz CT molecular complexity index is 669. The largest absolute Gasteiger partial charge is 0.478 e. The highest BCUT2D eigenvalue weighted by Gasteiger charge is 2.09. The van der Waals surface area contributed by atoms with Crippen molar-refractivity contribution in [3.05, 3.63) is 65.8 Å². The van der Waals surface area contributed by atoms with Crippen LogP contribution >= 0.6 is 0 Å². The van der Waals surface area contributed by atoms with Crippen LogP contribution in [0.3, 0.4) is 0 Å².